The zero-order chi connectivity index (χ0) is 15.3. The summed E-state index contributed by atoms with van der Waals surface area (Å²) >= 11 is 0. The van der Waals surface area contributed by atoms with Crippen molar-refractivity contribution >= 4 is 11.9 Å². The van der Waals surface area contributed by atoms with Crippen molar-refractivity contribution in [2.75, 3.05) is 20.6 Å². The first kappa shape index (κ1) is 16.9. The van der Waals surface area contributed by atoms with Crippen molar-refractivity contribution in [3.05, 3.63) is 0 Å². The summed E-state index contributed by atoms with van der Waals surface area (Å²) in [6.45, 7) is 4.76. The van der Waals surface area contributed by atoms with Gasteiger partial charge in [0.2, 0.25) is 5.91 Å². The Morgan fingerprint density at radius 2 is 2.10 bits per heavy atom. The molecule has 0 heterocycles. The van der Waals surface area contributed by atoms with E-state index in [1.54, 1.807) is 6.92 Å². The highest BCUT2D eigenvalue weighted by Crippen LogP contribution is 2.35. The van der Waals surface area contributed by atoms with E-state index in [4.69, 9.17) is 5.73 Å². The summed E-state index contributed by atoms with van der Waals surface area (Å²) < 4.78 is 0. The topological polar surface area (TPSA) is 87.5 Å². The highest BCUT2D eigenvalue weighted by molar-refractivity contribution is 5.96. The van der Waals surface area contributed by atoms with Crippen molar-refractivity contribution in [3.63, 3.8) is 0 Å². The van der Waals surface area contributed by atoms with Crippen LogP contribution < -0.4 is 16.4 Å². The van der Waals surface area contributed by atoms with E-state index in [1.807, 2.05) is 0 Å². The number of nitrogens with two attached hydrogens (primary N) is 1. The summed E-state index contributed by atoms with van der Waals surface area (Å²) in [5.74, 6) is 0.318. The van der Waals surface area contributed by atoms with Crippen molar-refractivity contribution in [1.29, 1.82) is 0 Å². The number of amides is 3. The van der Waals surface area contributed by atoms with Gasteiger partial charge in [0.05, 0.1) is 6.04 Å². The molecule has 4 N–H and O–H groups in total. The van der Waals surface area contributed by atoms with Crippen molar-refractivity contribution < 1.29 is 9.59 Å². The van der Waals surface area contributed by atoms with Gasteiger partial charge in [0, 0.05) is 12.1 Å². The summed E-state index contributed by atoms with van der Waals surface area (Å²) in [4.78, 5) is 24.6. The minimum Gasteiger partial charge on any atom is -0.351 e. The third-order valence-electron chi connectivity index (χ3n) is 4.39. The Morgan fingerprint density at radius 3 is 2.60 bits per heavy atom. The van der Waals surface area contributed by atoms with Gasteiger partial charge in [0.25, 0.3) is 0 Å². The van der Waals surface area contributed by atoms with E-state index >= 15 is 0 Å². The zero-order valence-electron chi connectivity index (χ0n) is 13.0. The maximum atomic E-state index is 11.7. The van der Waals surface area contributed by atoms with Crippen LogP contribution >= 0.6 is 0 Å². The standard InChI is InChI=1S/C14H28N4O2/c1-10-6-5-7-14(8-10,18(3)4)9-16-11(2)12(19)17-13(15)20/h10-11,16H,5-9H2,1-4H3,(H3,15,17,19,20). The number of nitrogens with zero attached hydrogens (tertiary/aromatic N) is 1. The molecule has 3 unspecified atom stereocenters. The number of likely N-dealkylation sites (N-methyl/N-ethyl adjacent to an activating group) is 1. The molecule has 1 saturated carbocycles. The minimum absolute atomic E-state index is 0.0823. The quantitative estimate of drug-likeness (QED) is 0.692. The van der Waals surface area contributed by atoms with Crippen LogP contribution in [0.4, 0.5) is 4.79 Å². The number of primary amides is 1. The number of hydrogen-bond acceptors (Lipinski definition) is 4. The van der Waals surface area contributed by atoms with Crippen LogP contribution in [0.25, 0.3) is 0 Å². The van der Waals surface area contributed by atoms with Crippen LogP contribution in [0.5, 0.6) is 0 Å². The predicted octanol–water partition coefficient (Wildman–Crippen LogP) is 0.670. The third kappa shape index (κ3) is 4.45. The Bertz CT molecular complexity index is 359. The van der Waals surface area contributed by atoms with E-state index in [0.717, 1.165) is 19.4 Å². The van der Waals surface area contributed by atoms with Gasteiger partial charge in [-0.25, -0.2) is 4.79 Å². The number of carbonyl (C=O) groups excluding carboxylic acids is 2. The van der Waals surface area contributed by atoms with E-state index in [9.17, 15) is 9.59 Å². The Balaban J connectivity index is 2.59. The lowest BCUT2D eigenvalue weighted by Gasteiger charge is -2.45. The second kappa shape index (κ2) is 7.04. The van der Waals surface area contributed by atoms with Crippen LogP contribution in [-0.4, -0.2) is 49.1 Å². The van der Waals surface area contributed by atoms with Crippen molar-refractivity contribution in [3.8, 4) is 0 Å². The van der Waals surface area contributed by atoms with Gasteiger partial charge < -0.3 is 16.0 Å². The lowest BCUT2D eigenvalue weighted by molar-refractivity contribution is -0.121. The van der Waals surface area contributed by atoms with Crippen LogP contribution in [0.2, 0.25) is 0 Å². The molecule has 20 heavy (non-hydrogen) atoms. The summed E-state index contributed by atoms with van der Waals surface area (Å²) in [5.41, 5.74) is 5.04. The Morgan fingerprint density at radius 1 is 1.45 bits per heavy atom. The van der Waals surface area contributed by atoms with Crippen molar-refractivity contribution in [2.45, 2.75) is 51.1 Å². The first-order valence-electron chi connectivity index (χ1n) is 7.28. The SMILES string of the molecule is CC1CCCC(CNC(C)C(=O)NC(N)=O)(N(C)C)C1. The van der Waals surface area contributed by atoms with Crippen molar-refractivity contribution in [1.82, 2.24) is 15.5 Å². The van der Waals surface area contributed by atoms with Gasteiger partial charge >= 0.3 is 6.03 Å². The van der Waals surface area contributed by atoms with Gasteiger partial charge in [0.1, 0.15) is 0 Å². The highest BCUT2D eigenvalue weighted by atomic mass is 16.2. The predicted molar refractivity (Wildman–Crippen MR) is 79.2 cm³/mol. The molecule has 3 amide bonds. The maximum Gasteiger partial charge on any atom is 0.318 e. The molecule has 1 rings (SSSR count). The Labute approximate surface area is 121 Å². The number of hydrogen-bond donors (Lipinski definition) is 3. The molecule has 0 aliphatic heterocycles. The molecule has 0 aromatic heterocycles. The average Bonchev–Trinajstić information content (AvgIpc) is 2.34. The number of nitrogens with one attached hydrogen (secondary N) is 2. The summed E-state index contributed by atoms with van der Waals surface area (Å²) in [5, 5.41) is 5.34. The molecule has 1 aliphatic carbocycles. The molecule has 0 aromatic carbocycles. The molecule has 3 atom stereocenters. The molecule has 0 aromatic rings. The lowest BCUT2D eigenvalue weighted by atomic mass is 9.75. The molecule has 6 heteroatoms. The van der Waals surface area contributed by atoms with E-state index in [0.29, 0.717) is 5.92 Å². The largest absolute Gasteiger partial charge is 0.351 e. The van der Waals surface area contributed by atoms with Gasteiger partial charge in [0.15, 0.2) is 0 Å². The van der Waals surface area contributed by atoms with Crippen LogP contribution in [0.15, 0.2) is 0 Å². The Hall–Kier alpha value is -1.14. The normalized spacial score (nSPS) is 28.1. The number of carbonyl (C=O) groups is 2. The van der Waals surface area contributed by atoms with E-state index < -0.39 is 12.1 Å². The molecule has 116 valence electrons. The third-order valence-corrected chi connectivity index (χ3v) is 4.39. The molecule has 0 spiro atoms. The molecule has 0 bridgehead atoms. The smallest absolute Gasteiger partial charge is 0.318 e. The summed E-state index contributed by atoms with van der Waals surface area (Å²) in [6.07, 6.45) is 4.73. The highest BCUT2D eigenvalue weighted by Gasteiger charge is 2.37. The molecule has 0 saturated heterocycles. The maximum absolute atomic E-state index is 11.7. The fraction of sp³-hybridized carbons (Fsp3) is 0.857. The number of urea groups is 1. The molecule has 1 fully saturated rings. The molecular weight excluding hydrogens is 256 g/mol. The first-order valence-corrected chi connectivity index (χ1v) is 7.28. The molecular formula is C14H28N4O2. The fourth-order valence-electron chi connectivity index (χ4n) is 3.02. The second-order valence-electron chi connectivity index (χ2n) is 6.28. The molecule has 6 nitrogen and oxygen atoms in total. The first-order chi connectivity index (χ1) is 9.27. The fourth-order valence-corrected chi connectivity index (χ4v) is 3.02. The van der Waals surface area contributed by atoms with E-state index in [-0.39, 0.29) is 11.4 Å². The van der Waals surface area contributed by atoms with Crippen LogP contribution in [0.1, 0.15) is 39.5 Å². The Kier molecular flexibility index (Phi) is 5.95. The van der Waals surface area contributed by atoms with Crippen LogP contribution in [0.3, 0.4) is 0 Å². The van der Waals surface area contributed by atoms with E-state index in [2.05, 4.69) is 36.6 Å². The second-order valence-corrected chi connectivity index (χ2v) is 6.28. The number of imide groups is 1. The van der Waals surface area contributed by atoms with E-state index in [1.165, 1.54) is 12.8 Å². The van der Waals surface area contributed by atoms with Crippen LogP contribution in [0, 0.1) is 5.92 Å². The monoisotopic (exact) mass is 284 g/mol. The van der Waals surface area contributed by atoms with Crippen LogP contribution in [-0.2, 0) is 4.79 Å². The minimum atomic E-state index is -0.808. The summed E-state index contributed by atoms with van der Waals surface area (Å²) in [7, 11) is 4.18. The van der Waals surface area contributed by atoms with Gasteiger partial charge in [-0.2, -0.15) is 0 Å². The van der Waals surface area contributed by atoms with Gasteiger partial charge in [-0.3, -0.25) is 10.1 Å². The number of rotatable bonds is 5. The van der Waals surface area contributed by atoms with Gasteiger partial charge in [-0.15, -0.1) is 0 Å². The average molecular weight is 284 g/mol. The van der Waals surface area contributed by atoms with Gasteiger partial charge in [-0.1, -0.05) is 19.8 Å². The molecule has 1 aliphatic rings. The summed E-state index contributed by atoms with van der Waals surface area (Å²) in [6, 6.07) is -1.24. The molecule has 0 radical (unpaired) electrons. The van der Waals surface area contributed by atoms with Crippen molar-refractivity contribution in [2.24, 2.45) is 11.7 Å². The lowest BCUT2D eigenvalue weighted by Crippen LogP contribution is -2.57. The van der Waals surface area contributed by atoms with Gasteiger partial charge in [-0.05, 0) is 39.8 Å². The zero-order valence-corrected chi connectivity index (χ0v) is 13.0.